The van der Waals surface area contributed by atoms with Crippen molar-refractivity contribution < 1.29 is 19.4 Å². The average Bonchev–Trinajstić information content (AvgIpc) is 3.28. The maximum Gasteiger partial charge on any atom is 0.255 e. The van der Waals surface area contributed by atoms with Gasteiger partial charge in [0.2, 0.25) is 0 Å². The van der Waals surface area contributed by atoms with Gasteiger partial charge in [-0.25, -0.2) is 0 Å². The molecule has 0 aliphatic heterocycles. The number of amides is 1. The molecule has 1 saturated carbocycles. The van der Waals surface area contributed by atoms with Crippen molar-refractivity contribution in [2.24, 2.45) is 5.92 Å². The van der Waals surface area contributed by atoms with E-state index in [4.69, 9.17) is 9.47 Å². The highest BCUT2D eigenvalue weighted by molar-refractivity contribution is 5.97. The molecule has 0 spiro atoms. The lowest BCUT2D eigenvalue weighted by molar-refractivity contribution is 0.0898. The quantitative estimate of drug-likeness (QED) is 0.811. The summed E-state index contributed by atoms with van der Waals surface area (Å²) >= 11 is 0. The van der Waals surface area contributed by atoms with Crippen LogP contribution in [0.2, 0.25) is 0 Å². The smallest absolute Gasteiger partial charge is 0.255 e. The van der Waals surface area contributed by atoms with Gasteiger partial charge in [0.1, 0.15) is 11.5 Å². The molecule has 104 valence electrons. The van der Waals surface area contributed by atoms with Crippen molar-refractivity contribution in [1.29, 1.82) is 0 Å². The van der Waals surface area contributed by atoms with Crippen molar-refractivity contribution in [3.8, 4) is 11.5 Å². The third kappa shape index (κ3) is 3.38. The molecule has 5 heteroatoms. The number of methoxy groups -OCH3 is 2. The number of hydrogen-bond acceptors (Lipinski definition) is 4. The SMILES string of the molecule is COc1ccc(C(=O)NCC(O)C2CC2)c(OC)c1. The molecule has 0 saturated heterocycles. The zero-order valence-corrected chi connectivity index (χ0v) is 11.2. The monoisotopic (exact) mass is 265 g/mol. The summed E-state index contributed by atoms with van der Waals surface area (Å²) in [6, 6.07) is 5.01. The van der Waals surface area contributed by atoms with Crippen molar-refractivity contribution in [3.05, 3.63) is 23.8 Å². The van der Waals surface area contributed by atoms with Crippen LogP contribution in [0.25, 0.3) is 0 Å². The summed E-state index contributed by atoms with van der Waals surface area (Å²) in [5.41, 5.74) is 0.436. The first-order chi connectivity index (χ1) is 9.15. The lowest BCUT2D eigenvalue weighted by Gasteiger charge is -2.13. The molecule has 1 amide bonds. The molecule has 0 heterocycles. The number of carbonyl (C=O) groups excluding carboxylic acids is 1. The average molecular weight is 265 g/mol. The highest BCUT2D eigenvalue weighted by Crippen LogP contribution is 2.32. The first-order valence-corrected chi connectivity index (χ1v) is 6.34. The van der Waals surface area contributed by atoms with Crippen LogP contribution in [-0.2, 0) is 0 Å². The summed E-state index contributed by atoms with van der Waals surface area (Å²) in [5.74, 6) is 1.18. The van der Waals surface area contributed by atoms with Crippen LogP contribution in [0, 0.1) is 5.92 Å². The van der Waals surface area contributed by atoms with Crippen LogP contribution in [0.5, 0.6) is 11.5 Å². The molecule has 19 heavy (non-hydrogen) atoms. The Morgan fingerprint density at radius 3 is 2.74 bits per heavy atom. The van der Waals surface area contributed by atoms with E-state index in [1.165, 1.54) is 7.11 Å². The van der Waals surface area contributed by atoms with E-state index >= 15 is 0 Å². The Bertz CT molecular complexity index is 457. The summed E-state index contributed by atoms with van der Waals surface area (Å²) in [7, 11) is 3.06. The van der Waals surface area contributed by atoms with Gasteiger partial charge in [-0.05, 0) is 30.9 Å². The maximum atomic E-state index is 12.0. The van der Waals surface area contributed by atoms with Crippen LogP contribution in [0.4, 0.5) is 0 Å². The van der Waals surface area contributed by atoms with E-state index in [1.54, 1.807) is 25.3 Å². The zero-order valence-electron chi connectivity index (χ0n) is 11.2. The largest absolute Gasteiger partial charge is 0.497 e. The van der Waals surface area contributed by atoms with Gasteiger partial charge < -0.3 is 19.9 Å². The fraction of sp³-hybridized carbons (Fsp3) is 0.500. The number of nitrogens with one attached hydrogen (secondary N) is 1. The van der Waals surface area contributed by atoms with Crippen LogP contribution in [0.3, 0.4) is 0 Å². The number of carbonyl (C=O) groups is 1. The van der Waals surface area contributed by atoms with Gasteiger partial charge in [-0.15, -0.1) is 0 Å². The molecule has 0 bridgehead atoms. The highest BCUT2D eigenvalue weighted by Gasteiger charge is 2.29. The standard InChI is InChI=1S/C14H19NO4/c1-18-10-5-6-11(13(7-10)19-2)14(17)15-8-12(16)9-3-4-9/h5-7,9,12,16H,3-4,8H2,1-2H3,(H,15,17). The molecule has 2 N–H and O–H groups in total. The van der Waals surface area contributed by atoms with E-state index in [2.05, 4.69) is 5.32 Å². The van der Waals surface area contributed by atoms with E-state index < -0.39 is 6.10 Å². The lowest BCUT2D eigenvalue weighted by Crippen LogP contribution is -2.33. The van der Waals surface area contributed by atoms with Gasteiger partial charge in [0, 0.05) is 12.6 Å². The van der Waals surface area contributed by atoms with Gasteiger partial charge >= 0.3 is 0 Å². The Hall–Kier alpha value is -1.75. The number of benzene rings is 1. The Labute approximate surface area is 112 Å². The summed E-state index contributed by atoms with van der Waals surface area (Å²) in [6.45, 7) is 0.276. The minimum Gasteiger partial charge on any atom is -0.497 e. The summed E-state index contributed by atoms with van der Waals surface area (Å²) in [5, 5.41) is 12.4. The van der Waals surface area contributed by atoms with Gasteiger partial charge in [0.25, 0.3) is 5.91 Å². The molecule has 5 nitrogen and oxygen atoms in total. The Balaban J connectivity index is 2.00. The molecular weight excluding hydrogens is 246 g/mol. The molecule has 1 aromatic rings. The zero-order chi connectivity index (χ0) is 13.8. The van der Waals surface area contributed by atoms with E-state index in [0.717, 1.165) is 12.8 Å². The van der Waals surface area contributed by atoms with Crippen LogP contribution in [-0.4, -0.2) is 37.9 Å². The van der Waals surface area contributed by atoms with E-state index in [0.29, 0.717) is 23.0 Å². The van der Waals surface area contributed by atoms with Gasteiger partial charge in [-0.1, -0.05) is 0 Å². The third-order valence-electron chi connectivity index (χ3n) is 3.29. The molecule has 0 radical (unpaired) electrons. The van der Waals surface area contributed by atoms with Crippen molar-refractivity contribution in [2.45, 2.75) is 18.9 Å². The minimum atomic E-state index is -0.451. The number of rotatable bonds is 6. The first kappa shape index (κ1) is 13.7. The Morgan fingerprint density at radius 2 is 2.16 bits per heavy atom. The van der Waals surface area contributed by atoms with Crippen molar-refractivity contribution in [1.82, 2.24) is 5.32 Å². The topological polar surface area (TPSA) is 67.8 Å². The molecule has 1 fully saturated rings. The van der Waals surface area contributed by atoms with E-state index in [-0.39, 0.29) is 12.5 Å². The van der Waals surface area contributed by atoms with Gasteiger partial charge in [0.05, 0.1) is 25.9 Å². The molecule has 2 rings (SSSR count). The number of aliphatic hydroxyl groups is 1. The lowest BCUT2D eigenvalue weighted by atomic mass is 10.1. The second kappa shape index (κ2) is 5.93. The summed E-state index contributed by atoms with van der Waals surface area (Å²) in [6.07, 6.45) is 1.64. The second-order valence-electron chi connectivity index (χ2n) is 4.68. The van der Waals surface area contributed by atoms with Crippen LogP contribution in [0.15, 0.2) is 18.2 Å². The fourth-order valence-corrected chi connectivity index (χ4v) is 1.93. The molecule has 1 aliphatic carbocycles. The highest BCUT2D eigenvalue weighted by atomic mass is 16.5. The number of aliphatic hydroxyl groups excluding tert-OH is 1. The van der Waals surface area contributed by atoms with Gasteiger partial charge in [-0.2, -0.15) is 0 Å². The Kier molecular flexibility index (Phi) is 4.27. The normalized spacial score (nSPS) is 15.7. The minimum absolute atomic E-state index is 0.251. The van der Waals surface area contributed by atoms with Gasteiger partial charge in [-0.3, -0.25) is 4.79 Å². The molecule has 1 aromatic carbocycles. The third-order valence-corrected chi connectivity index (χ3v) is 3.29. The van der Waals surface area contributed by atoms with Crippen molar-refractivity contribution in [3.63, 3.8) is 0 Å². The number of hydrogen-bond donors (Lipinski definition) is 2. The van der Waals surface area contributed by atoms with E-state index in [1.807, 2.05) is 0 Å². The molecule has 1 aliphatic rings. The van der Waals surface area contributed by atoms with Crippen LogP contribution < -0.4 is 14.8 Å². The van der Waals surface area contributed by atoms with Crippen LogP contribution in [0.1, 0.15) is 23.2 Å². The first-order valence-electron chi connectivity index (χ1n) is 6.34. The summed E-state index contributed by atoms with van der Waals surface area (Å²) in [4.78, 5) is 12.0. The molecular formula is C14H19NO4. The van der Waals surface area contributed by atoms with Crippen molar-refractivity contribution >= 4 is 5.91 Å². The summed E-state index contributed by atoms with van der Waals surface area (Å²) < 4.78 is 10.2. The molecule has 1 atom stereocenters. The Morgan fingerprint density at radius 1 is 1.42 bits per heavy atom. The molecule has 0 aromatic heterocycles. The fourth-order valence-electron chi connectivity index (χ4n) is 1.93. The predicted octanol–water partition coefficient (Wildman–Crippen LogP) is 1.20. The maximum absolute atomic E-state index is 12.0. The molecule has 1 unspecified atom stereocenters. The second-order valence-corrected chi connectivity index (χ2v) is 4.68. The van der Waals surface area contributed by atoms with Gasteiger partial charge in [0.15, 0.2) is 0 Å². The van der Waals surface area contributed by atoms with E-state index in [9.17, 15) is 9.90 Å². The number of ether oxygens (including phenoxy) is 2. The van der Waals surface area contributed by atoms with Crippen LogP contribution >= 0.6 is 0 Å². The predicted molar refractivity (Wildman–Crippen MR) is 70.6 cm³/mol. The van der Waals surface area contributed by atoms with Crippen molar-refractivity contribution in [2.75, 3.05) is 20.8 Å².